The second-order valence-electron chi connectivity index (χ2n) is 6.20. The van der Waals surface area contributed by atoms with Crippen molar-refractivity contribution in [1.29, 1.82) is 0 Å². The number of aryl methyl sites for hydroxylation is 2. The Morgan fingerprint density at radius 3 is 2.52 bits per heavy atom. The molecule has 3 aromatic rings. The molecule has 0 aliphatic rings. The normalized spacial score (nSPS) is 10.6. The van der Waals surface area contributed by atoms with E-state index < -0.39 is 0 Å². The average Bonchev–Trinajstić information content (AvgIpc) is 3.01. The standard InChI is InChI=1S/C21H21ClN2O2S/c1-14-3-5-16(6-4-14)21-19(27-15(2)24-21)13-20(25)23-11-12-26-18-9-7-17(22)8-10-18/h3-10H,11-13H2,1-2H3,(H,23,25). The zero-order chi connectivity index (χ0) is 19.2. The molecule has 0 spiro atoms. The summed E-state index contributed by atoms with van der Waals surface area (Å²) in [7, 11) is 0. The number of thiazole rings is 1. The number of nitrogens with zero attached hydrogens (tertiary/aromatic N) is 1. The van der Waals surface area contributed by atoms with Crippen LogP contribution in [0.1, 0.15) is 15.4 Å². The third kappa shape index (κ3) is 5.55. The number of hydrogen-bond donors (Lipinski definition) is 1. The third-order valence-corrected chi connectivity index (χ3v) is 5.18. The summed E-state index contributed by atoms with van der Waals surface area (Å²) in [6, 6.07) is 15.4. The molecule has 0 atom stereocenters. The summed E-state index contributed by atoms with van der Waals surface area (Å²) in [5.74, 6) is 0.695. The maximum atomic E-state index is 12.3. The molecule has 0 saturated heterocycles. The van der Waals surface area contributed by atoms with Crippen molar-refractivity contribution in [3.63, 3.8) is 0 Å². The highest BCUT2D eigenvalue weighted by Gasteiger charge is 2.14. The topological polar surface area (TPSA) is 51.2 Å². The van der Waals surface area contributed by atoms with Gasteiger partial charge in [0.15, 0.2) is 0 Å². The zero-order valence-electron chi connectivity index (χ0n) is 15.3. The first-order valence-corrected chi connectivity index (χ1v) is 9.89. The Kier molecular flexibility index (Phi) is 6.48. The number of ether oxygens (including phenoxy) is 1. The van der Waals surface area contributed by atoms with Gasteiger partial charge >= 0.3 is 0 Å². The highest BCUT2D eigenvalue weighted by molar-refractivity contribution is 7.12. The summed E-state index contributed by atoms with van der Waals surface area (Å²) in [5, 5.41) is 4.52. The lowest BCUT2D eigenvalue weighted by Gasteiger charge is -2.08. The lowest BCUT2D eigenvalue weighted by atomic mass is 10.1. The van der Waals surface area contributed by atoms with Gasteiger partial charge in [0.2, 0.25) is 5.91 Å². The van der Waals surface area contributed by atoms with Crippen LogP contribution in [0.4, 0.5) is 0 Å². The van der Waals surface area contributed by atoms with Crippen molar-refractivity contribution in [3.8, 4) is 17.0 Å². The quantitative estimate of drug-likeness (QED) is 0.578. The van der Waals surface area contributed by atoms with Gasteiger partial charge in [-0.25, -0.2) is 4.98 Å². The van der Waals surface area contributed by atoms with Crippen LogP contribution in [-0.2, 0) is 11.2 Å². The van der Waals surface area contributed by atoms with Gasteiger partial charge < -0.3 is 10.1 Å². The fourth-order valence-electron chi connectivity index (χ4n) is 2.62. The Hall–Kier alpha value is -2.37. The number of carbonyl (C=O) groups excluding carboxylic acids is 1. The van der Waals surface area contributed by atoms with Crippen LogP contribution in [0.25, 0.3) is 11.3 Å². The van der Waals surface area contributed by atoms with Crippen LogP contribution in [0.3, 0.4) is 0 Å². The van der Waals surface area contributed by atoms with Crippen molar-refractivity contribution in [1.82, 2.24) is 10.3 Å². The predicted octanol–water partition coefficient (Wildman–Crippen LogP) is 4.82. The highest BCUT2D eigenvalue weighted by atomic mass is 35.5. The zero-order valence-corrected chi connectivity index (χ0v) is 16.9. The second-order valence-corrected chi connectivity index (χ2v) is 7.92. The molecule has 1 amide bonds. The van der Waals surface area contributed by atoms with Gasteiger partial charge in [-0.15, -0.1) is 11.3 Å². The summed E-state index contributed by atoms with van der Waals surface area (Å²) < 4.78 is 5.59. The van der Waals surface area contributed by atoms with Crippen molar-refractivity contribution in [3.05, 3.63) is 69.0 Å². The number of amides is 1. The summed E-state index contributed by atoms with van der Waals surface area (Å²) in [4.78, 5) is 17.9. The van der Waals surface area contributed by atoms with E-state index in [4.69, 9.17) is 16.3 Å². The molecule has 0 fully saturated rings. The van der Waals surface area contributed by atoms with E-state index in [2.05, 4.69) is 29.4 Å². The third-order valence-electron chi connectivity index (χ3n) is 3.96. The predicted molar refractivity (Wildman–Crippen MR) is 111 cm³/mol. The van der Waals surface area contributed by atoms with Crippen LogP contribution in [0.5, 0.6) is 5.75 Å². The molecule has 1 N–H and O–H groups in total. The summed E-state index contributed by atoms with van der Waals surface area (Å²) in [5.41, 5.74) is 3.13. The van der Waals surface area contributed by atoms with Crippen LogP contribution >= 0.6 is 22.9 Å². The molecule has 0 bridgehead atoms. The molecule has 0 radical (unpaired) electrons. The Morgan fingerprint density at radius 2 is 1.81 bits per heavy atom. The fourth-order valence-corrected chi connectivity index (χ4v) is 3.71. The Balaban J connectivity index is 1.53. The molecule has 1 heterocycles. The molecule has 2 aromatic carbocycles. The minimum Gasteiger partial charge on any atom is -0.492 e. The van der Waals surface area contributed by atoms with E-state index in [1.807, 2.05) is 19.1 Å². The number of hydrogen-bond acceptors (Lipinski definition) is 4. The number of rotatable bonds is 7. The largest absolute Gasteiger partial charge is 0.492 e. The molecule has 140 valence electrons. The van der Waals surface area contributed by atoms with Gasteiger partial charge in [-0.2, -0.15) is 0 Å². The highest BCUT2D eigenvalue weighted by Crippen LogP contribution is 2.28. The fraction of sp³-hybridized carbons (Fsp3) is 0.238. The summed E-state index contributed by atoms with van der Waals surface area (Å²) in [6.07, 6.45) is 0.315. The molecule has 4 nitrogen and oxygen atoms in total. The van der Waals surface area contributed by atoms with Gasteiger partial charge in [0, 0.05) is 15.5 Å². The molecule has 0 aliphatic heterocycles. The van der Waals surface area contributed by atoms with E-state index in [9.17, 15) is 4.79 Å². The van der Waals surface area contributed by atoms with Crippen molar-refractivity contribution < 1.29 is 9.53 Å². The molecule has 1 aromatic heterocycles. The van der Waals surface area contributed by atoms with Gasteiger partial charge in [0.05, 0.1) is 23.7 Å². The first kappa shape index (κ1) is 19.4. The minimum absolute atomic E-state index is 0.0354. The molecular weight excluding hydrogens is 380 g/mol. The molecule has 0 aliphatic carbocycles. The summed E-state index contributed by atoms with van der Waals surface area (Å²) in [6.45, 7) is 4.86. The Labute approximate surface area is 168 Å². The molecular formula is C21H21ClN2O2S. The first-order valence-electron chi connectivity index (χ1n) is 8.69. The van der Waals surface area contributed by atoms with Crippen LogP contribution in [-0.4, -0.2) is 24.0 Å². The maximum absolute atomic E-state index is 12.3. The second kappa shape index (κ2) is 9.02. The monoisotopic (exact) mass is 400 g/mol. The number of nitrogens with one attached hydrogen (secondary N) is 1. The van der Waals surface area contributed by atoms with Gasteiger partial charge in [0.25, 0.3) is 0 Å². The Morgan fingerprint density at radius 1 is 1.11 bits per heavy atom. The minimum atomic E-state index is -0.0354. The van der Waals surface area contributed by atoms with Gasteiger partial charge in [-0.05, 0) is 38.1 Å². The van der Waals surface area contributed by atoms with Crippen molar-refractivity contribution in [2.45, 2.75) is 20.3 Å². The van der Waals surface area contributed by atoms with Gasteiger partial charge in [-0.3, -0.25) is 4.79 Å². The molecule has 27 heavy (non-hydrogen) atoms. The van der Waals surface area contributed by atoms with Crippen LogP contribution in [0.15, 0.2) is 48.5 Å². The van der Waals surface area contributed by atoms with Gasteiger partial charge in [0.1, 0.15) is 12.4 Å². The SMILES string of the molecule is Cc1ccc(-c2nc(C)sc2CC(=O)NCCOc2ccc(Cl)cc2)cc1. The van der Waals surface area contributed by atoms with E-state index in [1.54, 1.807) is 35.6 Å². The molecule has 0 unspecified atom stereocenters. The van der Waals surface area contributed by atoms with E-state index in [0.717, 1.165) is 26.9 Å². The molecule has 0 saturated carbocycles. The van der Waals surface area contributed by atoms with Crippen LogP contribution in [0.2, 0.25) is 5.02 Å². The van der Waals surface area contributed by atoms with Crippen molar-refractivity contribution >= 4 is 28.8 Å². The smallest absolute Gasteiger partial charge is 0.225 e. The number of halogens is 1. The first-order chi connectivity index (χ1) is 13.0. The average molecular weight is 401 g/mol. The van der Waals surface area contributed by atoms with Crippen molar-refractivity contribution in [2.24, 2.45) is 0 Å². The van der Waals surface area contributed by atoms with Crippen LogP contribution < -0.4 is 10.1 Å². The Bertz CT molecular complexity index is 905. The number of aromatic nitrogens is 1. The van der Waals surface area contributed by atoms with E-state index in [-0.39, 0.29) is 5.91 Å². The van der Waals surface area contributed by atoms with E-state index in [1.165, 1.54) is 5.56 Å². The van der Waals surface area contributed by atoms with Crippen LogP contribution in [0, 0.1) is 13.8 Å². The maximum Gasteiger partial charge on any atom is 0.225 e. The van der Waals surface area contributed by atoms with Gasteiger partial charge in [-0.1, -0.05) is 41.4 Å². The van der Waals surface area contributed by atoms with E-state index >= 15 is 0 Å². The lowest BCUT2D eigenvalue weighted by Crippen LogP contribution is -2.29. The van der Waals surface area contributed by atoms with Crippen molar-refractivity contribution in [2.75, 3.05) is 13.2 Å². The molecule has 6 heteroatoms. The summed E-state index contributed by atoms with van der Waals surface area (Å²) >= 11 is 7.40. The number of benzene rings is 2. The lowest BCUT2D eigenvalue weighted by molar-refractivity contribution is -0.120. The number of carbonyl (C=O) groups is 1. The van der Waals surface area contributed by atoms with E-state index in [0.29, 0.717) is 24.6 Å². The molecule has 3 rings (SSSR count).